The molecule has 7 nitrogen and oxygen atoms in total. The van der Waals surface area contributed by atoms with Crippen LogP contribution >= 0.6 is 0 Å². The summed E-state index contributed by atoms with van der Waals surface area (Å²) in [4.78, 5) is 52.6. The SMILES string of the molecule is COC(=O)C[C@H]1C(C)(C)C(=O)[C@H]2CC3=C4CC(=O)O[C@@H](c5ccoc5)[C@]4(C)CCC3C1(C)C2=O. The predicted octanol–water partition coefficient (Wildman–Crippen LogP) is 4.36. The molecule has 2 saturated carbocycles. The molecule has 34 heavy (non-hydrogen) atoms. The number of methoxy groups -OCH3 is 1. The van der Waals surface area contributed by atoms with Gasteiger partial charge < -0.3 is 13.9 Å². The maximum atomic E-state index is 13.8. The molecule has 4 aliphatic rings. The normalized spacial score (nSPS) is 38.7. The third kappa shape index (κ3) is 2.88. The smallest absolute Gasteiger partial charge is 0.310 e. The van der Waals surface area contributed by atoms with E-state index in [1.807, 2.05) is 26.8 Å². The zero-order chi connectivity index (χ0) is 24.6. The van der Waals surface area contributed by atoms with Crippen LogP contribution in [0.2, 0.25) is 0 Å². The van der Waals surface area contributed by atoms with Crippen LogP contribution in [0.4, 0.5) is 0 Å². The summed E-state index contributed by atoms with van der Waals surface area (Å²) < 4.78 is 16.1. The Labute approximate surface area is 199 Å². The van der Waals surface area contributed by atoms with Gasteiger partial charge in [-0.25, -0.2) is 0 Å². The van der Waals surface area contributed by atoms with Crippen LogP contribution in [0.3, 0.4) is 0 Å². The van der Waals surface area contributed by atoms with E-state index in [2.05, 4.69) is 6.92 Å². The number of ether oxygens (including phenoxy) is 2. The lowest BCUT2D eigenvalue weighted by Crippen LogP contribution is -2.64. The second-order valence-corrected chi connectivity index (χ2v) is 11.4. The van der Waals surface area contributed by atoms with Gasteiger partial charge in [0, 0.05) is 21.8 Å². The van der Waals surface area contributed by atoms with Gasteiger partial charge in [0.25, 0.3) is 0 Å². The van der Waals surface area contributed by atoms with Crippen molar-refractivity contribution in [2.45, 2.75) is 65.9 Å². The number of carbonyl (C=O) groups excluding carboxylic acids is 4. The summed E-state index contributed by atoms with van der Waals surface area (Å²) in [6.07, 6.45) is 4.68. The molecule has 0 aromatic carbocycles. The average Bonchev–Trinajstić information content (AvgIpc) is 3.32. The highest BCUT2D eigenvalue weighted by Gasteiger charge is 2.67. The van der Waals surface area contributed by atoms with E-state index in [0.717, 1.165) is 29.6 Å². The molecule has 2 unspecified atom stereocenters. The largest absolute Gasteiger partial charge is 0.472 e. The zero-order valence-electron chi connectivity index (χ0n) is 20.4. The molecule has 1 aromatic heterocycles. The molecule has 1 saturated heterocycles. The van der Waals surface area contributed by atoms with Gasteiger partial charge in [0.1, 0.15) is 17.7 Å². The number of fused-ring (bicyclic) bond motifs is 5. The van der Waals surface area contributed by atoms with Crippen molar-refractivity contribution in [3.8, 4) is 0 Å². The standard InChI is InChI=1S/C27H32O7/c1-25(2)19(12-20(28)32-5)27(4)17-6-8-26(3)18(15(17)10-16(22(25)30)23(27)31)11-21(29)34-24(26)14-7-9-33-13-14/h7,9,13,16-17,19,24H,6,8,10-12H2,1-5H3/t16-,17?,19+,24+,26-,27?/m1/s1. The molecule has 182 valence electrons. The lowest BCUT2D eigenvalue weighted by Gasteiger charge is -2.61. The average molecular weight is 469 g/mol. The first kappa shape index (κ1) is 23.1. The van der Waals surface area contributed by atoms with E-state index in [1.54, 1.807) is 12.5 Å². The Morgan fingerprint density at radius 3 is 2.53 bits per heavy atom. The highest BCUT2D eigenvalue weighted by Crippen LogP contribution is 2.66. The molecule has 0 spiro atoms. The Morgan fingerprint density at radius 2 is 1.88 bits per heavy atom. The molecule has 0 amide bonds. The lowest BCUT2D eigenvalue weighted by molar-refractivity contribution is -0.172. The van der Waals surface area contributed by atoms with Crippen molar-refractivity contribution in [2.75, 3.05) is 7.11 Å². The molecule has 1 aliphatic heterocycles. The molecule has 0 N–H and O–H groups in total. The number of Topliss-reactive ketones (excluding diaryl/α,β-unsaturated/α-hetero) is 2. The fourth-order valence-electron chi connectivity index (χ4n) is 7.76. The van der Waals surface area contributed by atoms with Crippen molar-refractivity contribution >= 4 is 23.5 Å². The maximum absolute atomic E-state index is 13.8. The lowest BCUT2D eigenvalue weighted by atomic mass is 9.41. The highest BCUT2D eigenvalue weighted by molar-refractivity contribution is 6.11. The van der Waals surface area contributed by atoms with Gasteiger partial charge in [-0.1, -0.05) is 33.3 Å². The number of rotatable bonds is 3. The van der Waals surface area contributed by atoms with Crippen molar-refractivity contribution in [2.24, 2.45) is 34.0 Å². The van der Waals surface area contributed by atoms with Crippen LogP contribution < -0.4 is 0 Å². The minimum atomic E-state index is -0.884. The van der Waals surface area contributed by atoms with Crippen molar-refractivity contribution in [3.63, 3.8) is 0 Å². The topological polar surface area (TPSA) is 99.9 Å². The number of ketones is 2. The Bertz CT molecular complexity index is 1110. The van der Waals surface area contributed by atoms with E-state index in [4.69, 9.17) is 13.9 Å². The second-order valence-electron chi connectivity index (χ2n) is 11.4. The van der Waals surface area contributed by atoms with Crippen LogP contribution in [0.5, 0.6) is 0 Å². The zero-order valence-corrected chi connectivity index (χ0v) is 20.4. The summed E-state index contributed by atoms with van der Waals surface area (Å²) in [6.45, 7) is 7.77. The minimum absolute atomic E-state index is 0.0142. The van der Waals surface area contributed by atoms with Gasteiger partial charge in [-0.05, 0) is 42.7 Å². The Hall–Kier alpha value is -2.70. The molecular weight excluding hydrogens is 436 g/mol. The van der Waals surface area contributed by atoms with Gasteiger partial charge in [-0.2, -0.15) is 0 Å². The van der Waals surface area contributed by atoms with E-state index in [1.165, 1.54) is 7.11 Å². The summed E-state index contributed by atoms with van der Waals surface area (Å²) in [7, 11) is 1.33. The summed E-state index contributed by atoms with van der Waals surface area (Å²) in [6, 6.07) is 1.82. The minimum Gasteiger partial charge on any atom is -0.472 e. The van der Waals surface area contributed by atoms with Crippen LogP contribution in [0.25, 0.3) is 0 Å². The summed E-state index contributed by atoms with van der Waals surface area (Å²) in [5.41, 5.74) is 0.703. The molecule has 6 atom stereocenters. The molecular formula is C27H32O7. The molecule has 7 heteroatoms. The number of furan rings is 1. The molecule has 5 rings (SSSR count). The first-order chi connectivity index (χ1) is 16.0. The summed E-state index contributed by atoms with van der Waals surface area (Å²) in [5.74, 6) is -2.26. The number of hydrogen-bond acceptors (Lipinski definition) is 7. The number of esters is 2. The molecule has 2 heterocycles. The van der Waals surface area contributed by atoms with Crippen LogP contribution in [0, 0.1) is 34.0 Å². The number of allylic oxidation sites excluding steroid dienone is 1. The Morgan fingerprint density at radius 1 is 1.15 bits per heavy atom. The molecule has 3 aliphatic carbocycles. The first-order valence-electron chi connectivity index (χ1n) is 12.1. The van der Waals surface area contributed by atoms with E-state index in [-0.39, 0.29) is 36.3 Å². The quantitative estimate of drug-likeness (QED) is 0.369. The van der Waals surface area contributed by atoms with Gasteiger partial charge in [0.2, 0.25) is 0 Å². The van der Waals surface area contributed by atoms with Crippen LogP contribution in [-0.2, 0) is 28.7 Å². The molecule has 2 bridgehead atoms. The number of hydrogen-bond donors (Lipinski definition) is 0. The fourth-order valence-corrected chi connectivity index (χ4v) is 7.76. The van der Waals surface area contributed by atoms with Crippen molar-refractivity contribution in [1.29, 1.82) is 0 Å². The highest BCUT2D eigenvalue weighted by atomic mass is 16.5. The maximum Gasteiger partial charge on any atom is 0.310 e. The van der Waals surface area contributed by atoms with Crippen molar-refractivity contribution < 1.29 is 33.1 Å². The van der Waals surface area contributed by atoms with E-state index in [0.29, 0.717) is 6.42 Å². The predicted molar refractivity (Wildman–Crippen MR) is 120 cm³/mol. The number of carbonyl (C=O) groups is 4. The fraction of sp³-hybridized carbons (Fsp3) is 0.630. The van der Waals surface area contributed by atoms with Gasteiger partial charge in [-0.3, -0.25) is 19.2 Å². The van der Waals surface area contributed by atoms with Crippen LogP contribution in [0.1, 0.15) is 71.5 Å². The van der Waals surface area contributed by atoms with Crippen molar-refractivity contribution in [1.82, 2.24) is 0 Å². The van der Waals surface area contributed by atoms with Gasteiger partial charge in [0.15, 0.2) is 0 Å². The van der Waals surface area contributed by atoms with E-state index in [9.17, 15) is 19.2 Å². The van der Waals surface area contributed by atoms with E-state index < -0.39 is 40.2 Å². The van der Waals surface area contributed by atoms with Gasteiger partial charge in [0.05, 0.1) is 38.4 Å². The van der Waals surface area contributed by atoms with Crippen LogP contribution in [-0.4, -0.2) is 30.6 Å². The summed E-state index contributed by atoms with van der Waals surface area (Å²) >= 11 is 0. The molecule has 1 aromatic rings. The third-order valence-electron chi connectivity index (χ3n) is 9.59. The summed E-state index contributed by atoms with van der Waals surface area (Å²) in [5, 5.41) is 0. The Kier molecular flexibility index (Phi) is 5.02. The van der Waals surface area contributed by atoms with Gasteiger partial charge in [-0.15, -0.1) is 0 Å². The monoisotopic (exact) mass is 468 g/mol. The second kappa shape index (κ2) is 7.40. The van der Waals surface area contributed by atoms with Gasteiger partial charge >= 0.3 is 11.9 Å². The molecule has 3 fully saturated rings. The number of cyclic esters (lactones) is 1. The third-order valence-corrected chi connectivity index (χ3v) is 9.59. The van der Waals surface area contributed by atoms with Crippen molar-refractivity contribution in [3.05, 3.63) is 35.3 Å². The molecule has 0 radical (unpaired) electrons. The van der Waals surface area contributed by atoms with Crippen LogP contribution in [0.15, 0.2) is 34.2 Å². The van der Waals surface area contributed by atoms with E-state index >= 15 is 0 Å². The first-order valence-corrected chi connectivity index (χ1v) is 12.1. The Balaban J connectivity index is 1.68.